The van der Waals surface area contributed by atoms with Crippen molar-refractivity contribution >= 4 is 11.7 Å². The van der Waals surface area contributed by atoms with Crippen molar-refractivity contribution in [2.24, 2.45) is 0 Å². The van der Waals surface area contributed by atoms with Crippen molar-refractivity contribution in [1.29, 1.82) is 0 Å². The van der Waals surface area contributed by atoms with Crippen LogP contribution in [0.2, 0.25) is 0 Å². The Morgan fingerprint density at radius 1 is 1.38 bits per heavy atom. The van der Waals surface area contributed by atoms with Gasteiger partial charge in [0, 0.05) is 6.42 Å². The SMILES string of the molecule is COC1=CC2(C=CC1=O)CCC(=O)N2OC. The van der Waals surface area contributed by atoms with E-state index in [0.29, 0.717) is 12.8 Å². The molecule has 0 saturated carbocycles. The monoisotopic (exact) mass is 223 g/mol. The van der Waals surface area contributed by atoms with Crippen LogP contribution in [0.1, 0.15) is 12.8 Å². The molecule has 5 heteroatoms. The fourth-order valence-corrected chi connectivity index (χ4v) is 2.10. The van der Waals surface area contributed by atoms with Crippen LogP contribution >= 0.6 is 0 Å². The molecule has 16 heavy (non-hydrogen) atoms. The molecule has 0 radical (unpaired) electrons. The van der Waals surface area contributed by atoms with Gasteiger partial charge in [0.15, 0.2) is 5.76 Å². The van der Waals surface area contributed by atoms with Crippen molar-refractivity contribution in [1.82, 2.24) is 5.06 Å². The summed E-state index contributed by atoms with van der Waals surface area (Å²) in [4.78, 5) is 28.1. The first kappa shape index (κ1) is 10.9. The summed E-state index contributed by atoms with van der Waals surface area (Å²) < 4.78 is 4.98. The predicted octanol–water partition coefficient (Wildman–Crippen LogP) is 0.578. The Hall–Kier alpha value is -1.62. The molecule has 1 fully saturated rings. The lowest BCUT2D eigenvalue weighted by atomic mass is 9.91. The summed E-state index contributed by atoms with van der Waals surface area (Å²) in [5.74, 6) is -0.0315. The van der Waals surface area contributed by atoms with Crippen molar-refractivity contribution < 1.29 is 19.2 Å². The predicted molar refractivity (Wildman–Crippen MR) is 55.1 cm³/mol. The average molecular weight is 223 g/mol. The number of nitrogens with zero attached hydrogens (tertiary/aromatic N) is 1. The molecule has 1 heterocycles. The molecular formula is C11H13NO4. The number of ketones is 1. The van der Waals surface area contributed by atoms with Gasteiger partial charge in [-0.1, -0.05) is 0 Å². The van der Waals surface area contributed by atoms with Crippen molar-refractivity contribution in [3.8, 4) is 0 Å². The van der Waals surface area contributed by atoms with E-state index in [-0.39, 0.29) is 17.4 Å². The van der Waals surface area contributed by atoms with E-state index >= 15 is 0 Å². The largest absolute Gasteiger partial charge is 0.493 e. The summed E-state index contributed by atoms with van der Waals surface area (Å²) in [5, 5.41) is 1.29. The van der Waals surface area contributed by atoms with Gasteiger partial charge in [-0.15, -0.1) is 0 Å². The molecule has 0 aromatic carbocycles. The van der Waals surface area contributed by atoms with Crippen LogP contribution in [0.25, 0.3) is 0 Å². The molecule has 1 aliphatic heterocycles. The van der Waals surface area contributed by atoms with E-state index in [1.54, 1.807) is 12.2 Å². The maximum absolute atomic E-state index is 11.6. The second-order valence-corrected chi connectivity index (χ2v) is 3.77. The van der Waals surface area contributed by atoms with Crippen molar-refractivity contribution in [3.63, 3.8) is 0 Å². The molecule has 86 valence electrons. The normalized spacial score (nSPS) is 28.9. The molecule has 0 aromatic rings. The number of allylic oxidation sites excluding steroid dienone is 1. The Kier molecular flexibility index (Phi) is 2.55. The standard InChI is InChI=1S/C11H13NO4/c1-15-9-7-11(5-3-8(9)13)6-4-10(14)12(11)16-2/h3,5,7H,4,6H2,1-2H3. The van der Waals surface area contributed by atoms with Gasteiger partial charge in [0.25, 0.3) is 0 Å². The zero-order valence-electron chi connectivity index (χ0n) is 9.23. The third kappa shape index (κ3) is 1.44. The second-order valence-electron chi connectivity index (χ2n) is 3.77. The number of hydrogen-bond donors (Lipinski definition) is 0. The minimum Gasteiger partial charge on any atom is -0.493 e. The van der Waals surface area contributed by atoms with Gasteiger partial charge < -0.3 is 4.74 Å². The van der Waals surface area contributed by atoms with E-state index in [1.807, 2.05) is 0 Å². The van der Waals surface area contributed by atoms with E-state index < -0.39 is 5.54 Å². The molecule has 1 aliphatic carbocycles. The number of amides is 1. The summed E-state index contributed by atoms with van der Waals surface area (Å²) in [7, 11) is 2.88. The third-order valence-corrected chi connectivity index (χ3v) is 2.89. The Bertz CT molecular complexity index is 399. The maximum atomic E-state index is 11.6. The highest BCUT2D eigenvalue weighted by molar-refractivity contribution is 6.04. The van der Waals surface area contributed by atoms with Crippen LogP contribution in [0.5, 0.6) is 0 Å². The minimum atomic E-state index is -0.662. The number of carbonyl (C=O) groups excluding carboxylic acids is 2. The molecule has 1 spiro atoms. The highest BCUT2D eigenvalue weighted by atomic mass is 16.7. The molecule has 0 bridgehead atoms. The van der Waals surface area contributed by atoms with Crippen LogP contribution < -0.4 is 0 Å². The smallest absolute Gasteiger partial charge is 0.247 e. The first-order valence-corrected chi connectivity index (χ1v) is 5.00. The highest BCUT2D eigenvalue weighted by Crippen LogP contribution is 2.36. The molecule has 1 atom stereocenters. The molecule has 0 aromatic heterocycles. The van der Waals surface area contributed by atoms with Crippen molar-refractivity contribution in [2.45, 2.75) is 18.4 Å². The van der Waals surface area contributed by atoms with E-state index in [9.17, 15) is 9.59 Å². The molecule has 1 saturated heterocycles. The fraction of sp³-hybridized carbons (Fsp3) is 0.455. The molecule has 1 unspecified atom stereocenters. The topological polar surface area (TPSA) is 55.8 Å². The number of hydroxylamine groups is 2. The first-order chi connectivity index (χ1) is 7.63. The zero-order chi connectivity index (χ0) is 11.8. The summed E-state index contributed by atoms with van der Waals surface area (Å²) in [6.07, 6.45) is 5.75. The Morgan fingerprint density at radius 2 is 2.12 bits per heavy atom. The van der Waals surface area contributed by atoms with Gasteiger partial charge in [-0.2, -0.15) is 0 Å². The molecular weight excluding hydrogens is 210 g/mol. The molecule has 2 aliphatic rings. The Balaban J connectivity index is 2.39. The molecule has 1 amide bonds. The van der Waals surface area contributed by atoms with E-state index in [0.717, 1.165) is 0 Å². The Labute approximate surface area is 93.3 Å². The number of rotatable bonds is 2. The lowest BCUT2D eigenvalue weighted by molar-refractivity contribution is -0.182. The van der Waals surface area contributed by atoms with Crippen LogP contribution in [-0.2, 0) is 19.2 Å². The number of ether oxygens (including phenoxy) is 1. The van der Waals surface area contributed by atoms with E-state index in [1.165, 1.54) is 25.4 Å². The zero-order valence-corrected chi connectivity index (χ0v) is 9.23. The van der Waals surface area contributed by atoms with Gasteiger partial charge in [-0.25, -0.2) is 5.06 Å². The average Bonchev–Trinajstić information content (AvgIpc) is 2.59. The van der Waals surface area contributed by atoms with Crippen LogP contribution in [-0.4, -0.2) is 36.5 Å². The second kappa shape index (κ2) is 3.75. The lowest BCUT2D eigenvalue weighted by Gasteiger charge is -2.32. The third-order valence-electron chi connectivity index (χ3n) is 2.89. The van der Waals surface area contributed by atoms with Crippen LogP contribution in [0, 0.1) is 0 Å². The van der Waals surface area contributed by atoms with Gasteiger partial charge in [0.1, 0.15) is 5.54 Å². The fourth-order valence-electron chi connectivity index (χ4n) is 2.10. The first-order valence-electron chi connectivity index (χ1n) is 5.00. The number of carbonyl (C=O) groups is 2. The van der Waals surface area contributed by atoms with Gasteiger partial charge in [-0.05, 0) is 24.6 Å². The van der Waals surface area contributed by atoms with Gasteiger partial charge >= 0.3 is 0 Å². The minimum absolute atomic E-state index is 0.0896. The van der Waals surface area contributed by atoms with Crippen molar-refractivity contribution in [2.75, 3.05) is 14.2 Å². The van der Waals surface area contributed by atoms with Crippen LogP contribution in [0.15, 0.2) is 24.0 Å². The van der Waals surface area contributed by atoms with E-state index in [4.69, 9.17) is 9.57 Å². The summed E-state index contributed by atoms with van der Waals surface area (Å²) in [6.45, 7) is 0. The van der Waals surface area contributed by atoms with Gasteiger partial charge in [0.2, 0.25) is 11.7 Å². The Morgan fingerprint density at radius 3 is 2.75 bits per heavy atom. The van der Waals surface area contributed by atoms with Crippen LogP contribution in [0.4, 0.5) is 0 Å². The summed E-state index contributed by atoms with van der Waals surface area (Å²) >= 11 is 0. The quantitative estimate of drug-likeness (QED) is 0.687. The summed E-state index contributed by atoms with van der Waals surface area (Å²) in [6, 6.07) is 0. The number of methoxy groups -OCH3 is 1. The maximum Gasteiger partial charge on any atom is 0.247 e. The van der Waals surface area contributed by atoms with Crippen LogP contribution in [0.3, 0.4) is 0 Å². The van der Waals surface area contributed by atoms with Gasteiger partial charge in [-0.3, -0.25) is 14.4 Å². The molecule has 2 rings (SSSR count). The number of hydrogen-bond acceptors (Lipinski definition) is 4. The van der Waals surface area contributed by atoms with Crippen molar-refractivity contribution in [3.05, 3.63) is 24.0 Å². The van der Waals surface area contributed by atoms with E-state index in [2.05, 4.69) is 0 Å². The summed E-state index contributed by atoms with van der Waals surface area (Å²) in [5.41, 5.74) is -0.662. The lowest BCUT2D eigenvalue weighted by Crippen LogP contribution is -2.43. The molecule has 0 N–H and O–H groups in total. The van der Waals surface area contributed by atoms with Gasteiger partial charge in [0.05, 0.1) is 14.2 Å². The highest BCUT2D eigenvalue weighted by Gasteiger charge is 2.45. The molecule has 5 nitrogen and oxygen atoms in total.